The van der Waals surface area contributed by atoms with Gasteiger partial charge in [0.2, 0.25) is 0 Å². The zero-order valence-corrected chi connectivity index (χ0v) is 9.74. The van der Waals surface area contributed by atoms with Crippen molar-refractivity contribution in [2.24, 2.45) is 17.6 Å². The summed E-state index contributed by atoms with van der Waals surface area (Å²) in [4.78, 5) is 0. The van der Waals surface area contributed by atoms with Gasteiger partial charge in [0.1, 0.15) is 0 Å². The fraction of sp³-hybridized carbons (Fsp3) is 1.00. The van der Waals surface area contributed by atoms with E-state index in [-0.39, 0.29) is 6.61 Å². The van der Waals surface area contributed by atoms with E-state index >= 15 is 0 Å². The van der Waals surface area contributed by atoms with Gasteiger partial charge in [-0.2, -0.15) is 0 Å². The van der Waals surface area contributed by atoms with Gasteiger partial charge in [-0.3, -0.25) is 0 Å². The van der Waals surface area contributed by atoms with Crippen LogP contribution in [0.3, 0.4) is 0 Å². The van der Waals surface area contributed by atoms with Crippen molar-refractivity contribution < 1.29 is 14.6 Å². The van der Waals surface area contributed by atoms with Gasteiger partial charge in [-0.1, -0.05) is 0 Å². The molecule has 2 unspecified atom stereocenters. The molecule has 1 aliphatic rings. The van der Waals surface area contributed by atoms with E-state index < -0.39 is 5.79 Å². The Morgan fingerprint density at radius 3 is 2.53 bits per heavy atom. The number of aliphatic hydroxyl groups excluding tert-OH is 1. The zero-order valence-electron chi connectivity index (χ0n) is 9.74. The van der Waals surface area contributed by atoms with Crippen LogP contribution in [0.2, 0.25) is 0 Å². The van der Waals surface area contributed by atoms with E-state index in [0.717, 1.165) is 25.7 Å². The molecule has 0 heterocycles. The van der Waals surface area contributed by atoms with Crippen LogP contribution in [0.15, 0.2) is 0 Å². The van der Waals surface area contributed by atoms with Gasteiger partial charge in [-0.15, -0.1) is 0 Å². The molecule has 0 amide bonds. The number of aliphatic hydroxyl groups is 1. The Bertz CT molecular complexity index is 183. The van der Waals surface area contributed by atoms with E-state index in [2.05, 4.69) is 0 Å². The van der Waals surface area contributed by atoms with Crippen molar-refractivity contribution in [3.63, 3.8) is 0 Å². The minimum atomic E-state index is -0.481. The molecular weight excluding hydrogens is 194 g/mol. The van der Waals surface area contributed by atoms with Crippen molar-refractivity contribution in [1.82, 2.24) is 0 Å². The van der Waals surface area contributed by atoms with Crippen LogP contribution >= 0.6 is 0 Å². The molecule has 3 N–H and O–H groups in total. The second-order valence-corrected chi connectivity index (χ2v) is 4.32. The molecule has 2 atom stereocenters. The normalized spacial score (nSPS) is 30.4. The number of ether oxygens (including phenoxy) is 2. The third-order valence-corrected chi connectivity index (χ3v) is 3.61. The van der Waals surface area contributed by atoms with E-state index in [1.54, 1.807) is 14.2 Å². The fourth-order valence-corrected chi connectivity index (χ4v) is 2.63. The average molecular weight is 217 g/mol. The van der Waals surface area contributed by atoms with Crippen molar-refractivity contribution in [3.8, 4) is 0 Å². The molecule has 0 aliphatic heterocycles. The van der Waals surface area contributed by atoms with Crippen LogP contribution in [0, 0.1) is 11.8 Å². The molecule has 0 bridgehead atoms. The lowest BCUT2D eigenvalue weighted by Crippen LogP contribution is -2.47. The van der Waals surface area contributed by atoms with Crippen LogP contribution in [-0.4, -0.2) is 38.3 Å². The van der Waals surface area contributed by atoms with E-state index in [9.17, 15) is 5.11 Å². The summed E-state index contributed by atoms with van der Waals surface area (Å²) < 4.78 is 11.1. The van der Waals surface area contributed by atoms with Crippen LogP contribution in [0.5, 0.6) is 0 Å². The number of hydrogen-bond acceptors (Lipinski definition) is 4. The Morgan fingerprint density at radius 1 is 1.40 bits per heavy atom. The molecule has 0 aromatic heterocycles. The molecule has 1 aliphatic carbocycles. The van der Waals surface area contributed by atoms with E-state index in [1.807, 2.05) is 0 Å². The van der Waals surface area contributed by atoms with Crippen molar-refractivity contribution in [2.45, 2.75) is 31.5 Å². The van der Waals surface area contributed by atoms with Gasteiger partial charge in [0.05, 0.1) is 0 Å². The summed E-state index contributed by atoms with van der Waals surface area (Å²) in [5, 5.41) is 9.18. The molecule has 15 heavy (non-hydrogen) atoms. The van der Waals surface area contributed by atoms with Crippen LogP contribution < -0.4 is 5.73 Å². The van der Waals surface area contributed by atoms with Crippen LogP contribution in [-0.2, 0) is 9.47 Å². The monoisotopic (exact) mass is 217 g/mol. The molecule has 4 nitrogen and oxygen atoms in total. The lowest BCUT2D eigenvalue weighted by molar-refractivity contribution is -0.261. The Hall–Kier alpha value is -0.160. The summed E-state index contributed by atoms with van der Waals surface area (Å²) in [6, 6.07) is 0. The van der Waals surface area contributed by atoms with Crippen molar-refractivity contribution >= 4 is 0 Å². The number of nitrogens with two attached hydrogens (primary N) is 1. The third kappa shape index (κ3) is 2.69. The Morgan fingerprint density at radius 2 is 2.07 bits per heavy atom. The van der Waals surface area contributed by atoms with Gasteiger partial charge in [0, 0.05) is 33.2 Å². The predicted molar refractivity (Wildman–Crippen MR) is 58.3 cm³/mol. The quantitative estimate of drug-likeness (QED) is 0.666. The second-order valence-electron chi connectivity index (χ2n) is 4.32. The van der Waals surface area contributed by atoms with Crippen molar-refractivity contribution in [2.75, 3.05) is 27.4 Å². The summed E-state index contributed by atoms with van der Waals surface area (Å²) in [7, 11) is 3.37. The molecule has 1 saturated carbocycles. The lowest BCUT2D eigenvalue weighted by atomic mass is 9.75. The highest BCUT2D eigenvalue weighted by atomic mass is 16.7. The molecule has 4 heteroatoms. The minimum Gasteiger partial charge on any atom is -0.396 e. The number of hydrogen-bond donors (Lipinski definition) is 2. The largest absolute Gasteiger partial charge is 0.396 e. The summed E-state index contributed by atoms with van der Waals surface area (Å²) in [6.07, 6.45) is 3.63. The molecule has 1 fully saturated rings. The molecule has 1 rings (SSSR count). The zero-order chi connectivity index (χ0) is 11.3. The van der Waals surface area contributed by atoms with Crippen LogP contribution in [0.4, 0.5) is 0 Å². The molecule has 0 saturated heterocycles. The fourth-order valence-electron chi connectivity index (χ4n) is 2.63. The second kappa shape index (κ2) is 5.80. The van der Waals surface area contributed by atoms with Crippen LogP contribution in [0.25, 0.3) is 0 Å². The Balaban J connectivity index is 2.69. The van der Waals surface area contributed by atoms with Gasteiger partial charge in [0.15, 0.2) is 5.79 Å². The maximum absolute atomic E-state index is 9.18. The third-order valence-electron chi connectivity index (χ3n) is 3.61. The van der Waals surface area contributed by atoms with Gasteiger partial charge in [-0.25, -0.2) is 0 Å². The average Bonchev–Trinajstić information content (AvgIpc) is 2.30. The summed E-state index contributed by atoms with van der Waals surface area (Å²) in [5.74, 6) is 0.189. The molecule has 90 valence electrons. The Kier molecular flexibility index (Phi) is 4.99. The molecule has 0 spiro atoms. The maximum Gasteiger partial charge on any atom is 0.170 e. The summed E-state index contributed by atoms with van der Waals surface area (Å²) in [6.45, 7) is 0.891. The predicted octanol–water partition coefficient (Wildman–Crippen LogP) is 0.733. The molecular formula is C11H23NO3. The highest BCUT2D eigenvalue weighted by Crippen LogP contribution is 2.41. The van der Waals surface area contributed by atoms with E-state index in [1.165, 1.54) is 0 Å². The van der Waals surface area contributed by atoms with E-state index in [4.69, 9.17) is 15.2 Å². The first-order valence-corrected chi connectivity index (χ1v) is 5.63. The van der Waals surface area contributed by atoms with Gasteiger partial charge in [-0.05, 0) is 31.7 Å². The highest BCUT2D eigenvalue weighted by Gasteiger charge is 2.43. The first-order valence-electron chi connectivity index (χ1n) is 5.63. The first-order chi connectivity index (χ1) is 7.22. The Labute approximate surface area is 91.7 Å². The standard InChI is InChI=1S/C11H23NO3/c1-14-11(15-2)5-3-9(8-13)7-10(11)4-6-12/h9-10,13H,3-8,12H2,1-2H3. The lowest BCUT2D eigenvalue weighted by Gasteiger charge is -2.44. The smallest absolute Gasteiger partial charge is 0.170 e. The molecule has 0 radical (unpaired) electrons. The van der Waals surface area contributed by atoms with Gasteiger partial charge >= 0.3 is 0 Å². The van der Waals surface area contributed by atoms with Crippen molar-refractivity contribution in [3.05, 3.63) is 0 Å². The van der Waals surface area contributed by atoms with Crippen LogP contribution in [0.1, 0.15) is 25.7 Å². The van der Waals surface area contributed by atoms with Crippen molar-refractivity contribution in [1.29, 1.82) is 0 Å². The molecule has 0 aromatic carbocycles. The maximum atomic E-state index is 9.18. The molecule has 0 aromatic rings. The van der Waals surface area contributed by atoms with E-state index in [0.29, 0.717) is 18.4 Å². The number of rotatable bonds is 5. The first kappa shape index (κ1) is 12.9. The van der Waals surface area contributed by atoms with Gasteiger partial charge < -0.3 is 20.3 Å². The van der Waals surface area contributed by atoms with Gasteiger partial charge in [0.25, 0.3) is 0 Å². The highest BCUT2D eigenvalue weighted by molar-refractivity contribution is 4.87. The summed E-state index contributed by atoms with van der Waals surface area (Å²) >= 11 is 0. The SMILES string of the molecule is COC1(OC)CCC(CO)CC1CCN. The number of methoxy groups -OCH3 is 2. The summed E-state index contributed by atoms with van der Waals surface area (Å²) in [5.41, 5.74) is 5.60. The topological polar surface area (TPSA) is 64.7 Å². The minimum absolute atomic E-state index is 0.255.